The predicted octanol–water partition coefficient (Wildman–Crippen LogP) is 3.92. The third-order valence-corrected chi connectivity index (χ3v) is 7.15. The van der Waals surface area contributed by atoms with Gasteiger partial charge in [-0.15, -0.1) is 0 Å². The topological polar surface area (TPSA) is 50.3 Å². The average molecular weight is 365 g/mol. The van der Waals surface area contributed by atoms with E-state index >= 15 is 0 Å². The van der Waals surface area contributed by atoms with Crippen molar-refractivity contribution in [2.45, 2.75) is 37.5 Å². The molecule has 0 bridgehead atoms. The summed E-state index contributed by atoms with van der Waals surface area (Å²) in [5.74, 6) is 0.396. The van der Waals surface area contributed by atoms with Crippen LogP contribution in [-0.2, 0) is 10.0 Å². The van der Waals surface area contributed by atoms with Gasteiger partial charge in [-0.3, -0.25) is 4.98 Å². The van der Waals surface area contributed by atoms with E-state index in [2.05, 4.69) is 4.98 Å². The second kappa shape index (κ2) is 6.82. The van der Waals surface area contributed by atoms with Crippen molar-refractivity contribution < 1.29 is 8.42 Å². The third-order valence-electron chi connectivity index (χ3n) is 4.71. The van der Waals surface area contributed by atoms with E-state index in [1.165, 1.54) is 5.56 Å². The second-order valence-corrected chi connectivity index (χ2v) is 8.64. The van der Waals surface area contributed by atoms with Gasteiger partial charge in [-0.05, 0) is 73.6 Å². The van der Waals surface area contributed by atoms with Crippen LogP contribution in [0.2, 0.25) is 5.02 Å². The fraction of sp³-hybridized carbons (Fsp3) is 0.389. The van der Waals surface area contributed by atoms with Crippen molar-refractivity contribution in [3.05, 3.63) is 58.4 Å². The van der Waals surface area contributed by atoms with E-state index in [-0.39, 0.29) is 0 Å². The zero-order valence-corrected chi connectivity index (χ0v) is 15.4. The van der Waals surface area contributed by atoms with Crippen LogP contribution in [0.15, 0.2) is 41.6 Å². The molecule has 0 radical (unpaired) electrons. The molecule has 1 saturated heterocycles. The summed E-state index contributed by atoms with van der Waals surface area (Å²) in [6.07, 6.45) is 5.24. The zero-order valence-electron chi connectivity index (χ0n) is 13.9. The van der Waals surface area contributed by atoms with Crippen LogP contribution >= 0.6 is 11.6 Å². The first-order valence-electron chi connectivity index (χ1n) is 8.06. The van der Waals surface area contributed by atoms with Crippen LogP contribution in [0.3, 0.4) is 0 Å². The molecule has 24 heavy (non-hydrogen) atoms. The van der Waals surface area contributed by atoms with Gasteiger partial charge in [0.25, 0.3) is 0 Å². The molecule has 1 aromatic carbocycles. The molecular formula is C18H21ClN2O2S. The zero-order chi connectivity index (χ0) is 17.3. The lowest BCUT2D eigenvalue weighted by atomic mass is 9.91. The van der Waals surface area contributed by atoms with Gasteiger partial charge in [-0.25, -0.2) is 8.42 Å². The highest BCUT2D eigenvalue weighted by molar-refractivity contribution is 7.89. The van der Waals surface area contributed by atoms with E-state index in [1.54, 1.807) is 35.8 Å². The third kappa shape index (κ3) is 3.34. The SMILES string of the molecule is Cc1cc(S(=O)(=O)N2CCC(c3ccncc3)CC2)c(C)cc1Cl. The van der Waals surface area contributed by atoms with Gasteiger partial charge in [0.1, 0.15) is 0 Å². The Bertz CT molecular complexity index is 830. The molecule has 0 aliphatic carbocycles. The highest BCUT2D eigenvalue weighted by Crippen LogP contribution is 2.32. The second-order valence-electron chi connectivity index (χ2n) is 6.33. The van der Waals surface area contributed by atoms with E-state index in [1.807, 2.05) is 19.1 Å². The van der Waals surface area contributed by atoms with Crippen LogP contribution in [0.4, 0.5) is 0 Å². The summed E-state index contributed by atoms with van der Waals surface area (Å²) in [6, 6.07) is 7.44. The molecule has 6 heteroatoms. The number of halogens is 1. The molecule has 0 spiro atoms. The molecule has 0 atom stereocenters. The lowest BCUT2D eigenvalue weighted by molar-refractivity contribution is 0.319. The minimum Gasteiger partial charge on any atom is -0.265 e. The van der Waals surface area contributed by atoms with Crippen LogP contribution < -0.4 is 0 Å². The summed E-state index contributed by atoms with van der Waals surface area (Å²) in [7, 11) is -3.48. The van der Waals surface area contributed by atoms with Crippen LogP contribution in [0.5, 0.6) is 0 Å². The number of hydrogen-bond acceptors (Lipinski definition) is 3. The van der Waals surface area contributed by atoms with Crippen molar-refractivity contribution >= 4 is 21.6 Å². The first-order chi connectivity index (χ1) is 11.4. The van der Waals surface area contributed by atoms with Crippen molar-refractivity contribution in [2.24, 2.45) is 0 Å². The van der Waals surface area contributed by atoms with E-state index in [0.29, 0.717) is 34.5 Å². The number of nitrogens with zero attached hydrogens (tertiary/aromatic N) is 2. The number of aryl methyl sites for hydroxylation is 2. The summed E-state index contributed by atoms with van der Waals surface area (Å²) in [5.41, 5.74) is 2.72. The van der Waals surface area contributed by atoms with Gasteiger partial charge in [0.15, 0.2) is 0 Å². The molecule has 1 aliphatic rings. The Hall–Kier alpha value is -1.43. The normalized spacial score (nSPS) is 17.1. The maximum absolute atomic E-state index is 13.0. The first-order valence-corrected chi connectivity index (χ1v) is 9.88. The number of piperidine rings is 1. The average Bonchev–Trinajstić information content (AvgIpc) is 2.59. The van der Waals surface area contributed by atoms with Crippen LogP contribution in [0, 0.1) is 13.8 Å². The summed E-state index contributed by atoms with van der Waals surface area (Å²) < 4.78 is 27.6. The Morgan fingerprint density at radius 3 is 2.33 bits per heavy atom. The van der Waals surface area contributed by atoms with Gasteiger partial charge in [0.05, 0.1) is 4.90 Å². The van der Waals surface area contributed by atoms with Crippen molar-refractivity contribution in [1.82, 2.24) is 9.29 Å². The standard InChI is InChI=1S/C18H21ClN2O2S/c1-13-12-18(14(2)11-17(13)19)24(22,23)21-9-5-16(6-10-21)15-3-7-20-8-4-15/h3-4,7-8,11-12,16H,5-6,9-10H2,1-2H3. The Morgan fingerprint density at radius 2 is 1.71 bits per heavy atom. The number of sulfonamides is 1. The summed E-state index contributed by atoms with van der Waals surface area (Å²) in [5, 5.41) is 0.600. The Balaban J connectivity index is 1.79. The Morgan fingerprint density at radius 1 is 1.08 bits per heavy atom. The van der Waals surface area contributed by atoms with Gasteiger partial charge in [0, 0.05) is 30.5 Å². The van der Waals surface area contributed by atoms with Crippen molar-refractivity contribution in [3.63, 3.8) is 0 Å². The van der Waals surface area contributed by atoms with Crippen molar-refractivity contribution in [2.75, 3.05) is 13.1 Å². The van der Waals surface area contributed by atoms with Crippen LogP contribution in [0.25, 0.3) is 0 Å². The largest absolute Gasteiger partial charge is 0.265 e. The van der Waals surface area contributed by atoms with Gasteiger partial charge in [-0.1, -0.05) is 11.6 Å². The lowest BCUT2D eigenvalue weighted by Crippen LogP contribution is -2.38. The highest BCUT2D eigenvalue weighted by Gasteiger charge is 2.31. The molecule has 0 N–H and O–H groups in total. The monoisotopic (exact) mass is 364 g/mol. The molecule has 2 heterocycles. The summed E-state index contributed by atoms with van der Waals surface area (Å²) in [6.45, 7) is 4.70. The maximum Gasteiger partial charge on any atom is 0.243 e. The predicted molar refractivity (Wildman–Crippen MR) is 95.9 cm³/mol. The molecule has 0 unspecified atom stereocenters. The molecule has 2 aromatic rings. The maximum atomic E-state index is 13.0. The van der Waals surface area contributed by atoms with Gasteiger partial charge in [-0.2, -0.15) is 4.31 Å². The molecule has 1 aliphatic heterocycles. The number of pyridine rings is 1. The van der Waals surface area contributed by atoms with E-state index in [9.17, 15) is 8.42 Å². The number of benzene rings is 1. The first kappa shape index (κ1) is 17.4. The minimum atomic E-state index is -3.48. The van der Waals surface area contributed by atoms with E-state index in [4.69, 9.17) is 11.6 Å². The molecule has 1 aromatic heterocycles. The fourth-order valence-corrected chi connectivity index (χ4v) is 5.22. The highest BCUT2D eigenvalue weighted by atomic mass is 35.5. The van der Waals surface area contributed by atoms with Crippen LogP contribution in [-0.4, -0.2) is 30.8 Å². The molecular weight excluding hydrogens is 344 g/mol. The lowest BCUT2D eigenvalue weighted by Gasteiger charge is -2.31. The van der Waals surface area contributed by atoms with Gasteiger partial charge >= 0.3 is 0 Å². The molecule has 1 fully saturated rings. The quantitative estimate of drug-likeness (QED) is 0.829. The molecule has 0 saturated carbocycles. The Labute approximate surface area is 148 Å². The molecule has 4 nitrogen and oxygen atoms in total. The molecule has 128 valence electrons. The number of aromatic nitrogens is 1. The number of hydrogen-bond donors (Lipinski definition) is 0. The molecule has 0 amide bonds. The summed E-state index contributed by atoms with van der Waals surface area (Å²) >= 11 is 6.10. The molecule has 3 rings (SSSR count). The van der Waals surface area contributed by atoms with E-state index < -0.39 is 10.0 Å². The Kier molecular flexibility index (Phi) is 4.95. The van der Waals surface area contributed by atoms with Crippen molar-refractivity contribution in [1.29, 1.82) is 0 Å². The van der Waals surface area contributed by atoms with Crippen molar-refractivity contribution in [3.8, 4) is 0 Å². The number of rotatable bonds is 3. The van der Waals surface area contributed by atoms with Crippen LogP contribution in [0.1, 0.15) is 35.4 Å². The smallest absolute Gasteiger partial charge is 0.243 e. The fourth-order valence-electron chi connectivity index (χ4n) is 3.24. The minimum absolute atomic E-state index is 0.367. The van der Waals surface area contributed by atoms with Gasteiger partial charge < -0.3 is 0 Å². The van der Waals surface area contributed by atoms with Gasteiger partial charge in [0.2, 0.25) is 10.0 Å². The van der Waals surface area contributed by atoms with E-state index in [0.717, 1.165) is 18.4 Å². The summed E-state index contributed by atoms with van der Waals surface area (Å²) in [4.78, 5) is 4.41.